The van der Waals surface area contributed by atoms with Crippen LogP contribution in [0.15, 0.2) is 12.3 Å². The van der Waals surface area contributed by atoms with Crippen LogP contribution < -0.4 is 11.1 Å². The van der Waals surface area contributed by atoms with E-state index in [-0.39, 0.29) is 0 Å². The first-order valence-electron chi connectivity index (χ1n) is 6.07. The van der Waals surface area contributed by atoms with Gasteiger partial charge in [0.05, 0.1) is 0 Å². The van der Waals surface area contributed by atoms with Crippen LogP contribution in [0.4, 0.5) is 5.82 Å². The lowest BCUT2D eigenvalue weighted by atomic mass is 10.0. The van der Waals surface area contributed by atoms with Crippen molar-refractivity contribution in [1.82, 2.24) is 9.78 Å². The van der Waals surface area contributed by atoms with Crippen molar-refractivity contribution in [3.63, 3.8) is 0 Å². The molecule has 1 aromatic rings. The normalized spacial score (nSPS) is 14.8. The van der Waals surface area contributed by atoms with Gasteiger partial charge in [-0.25, -0.2) is 0 Å². The summed E-state index contributed by atoms with van der Waals surface area (Å²) in [6, 6.07) is 2.32. The Morgan fingerprint density at radius 1 is 1.44 bits per heavy atom. The molecule has 0 aromatic carbocycles. The van der Waals surface area contributed by atoms with Crippen molar-refractivity contribution in [3.8, 4) is 0 Å². The zero-order chi connectivity index (χ0) is 12.0. The Balaban J connectivity index is 2.12. The summed E-state index contributed by atoms with van der Waals surface area (Å²) in [5.74, 6) is 1.63. The van der Waals surface area contributed by atoms with Crippen LogP contribution in [-0.2, 0) is 7.05 Å². The van der Waals surface area contributed by atoms with Crippen molar-refractivity contribution in [1.29, 1.82) is 0 Å². The summed E-state index contributed by atoms with van der Waals surface area (Å²) in [5, 5.41) is 7.62. The topological polar surface area (TPSA) is 55.9 Å². The molecule has 0 aliphatic heterocycles. The number of nitrogens with zero attached hydrogens (tertiary/aromatic N) is 2. The highest BCUT2D eigenvalue weighted by Gasteiger charge is 2.04. The molecule has 2 unspecified atom stereocenters. The van der Waals surface area contributed by atoms with Gasteiger partial charge in [0.2, 0.25) is 0 Å². The molecular weight excluding hydrogens is 200 g/mol. The van der Waals surface area contributed by atoms with E-state index in [0.717, 1.165) is 18.8 Å². The zero-order valence-electron chi connectivity index (χ0n) is 10.6. The van der Waals surface area contributed by atoms with E-state index in [9.17, 15) is 0 Å². The highest BCUT2D eigenvalue weighted by atomic mass is 15.3. The number of rotatable bonds is 7. The van der Waals surface area contributed by atoms with Crippen molar-refractivity contribution in [2.75, 3.05) is 11.9 Å². The molecule has 2 atom stereocenters. The van der Waals surface area contributed by atoms with Gasteiger partial charge < -0.3 is 11.1 Å². The number of aromatic nitrogens is 2. The van der Waals surface area contributed by atoms with Crippen LogP contribution in [0.25, 0.3) is 0 Å². The maximum atomic E-state index is 5.72. The fraction of sp³-hybridized carbons (Fsp3) is 0.750. The lowest BCUT2D eigenvalue weighted by Gasteiger charge is -2.12. The Bertz CT molecular complexity index is 293. The molecule has 1 heterocycles. The van der Waals surface area contributed by atoms with Gasteiger partial charge in [0, 0.05) is 31.9 Å². The van der Waals surface area contributed by atoms with Crippen LogP contribution in [0, 0.1) is 5.92 Å². The minimum Gasteiger partial charge on any atom is -0.368 e. The molecule has 1 aromatic heterocycles. The second-order valence-corrected chi connectivity index (χ2v) is 4.77. The standard InChI is InChI=1S/C12H24N4/c1-10(5-4-6-11(2)13)9-14-12-7-8-16(3)15-12/h7-8,10-11H,4-6,9,13H2,1-3H3,(H,14,15). The molecule has 0 radical (unpaired) electrons. The first-order chi connectivity index (χ1) is 7.58. The first kappa shape index (κ1) is 13.0. The Labute approximate surface area is 98.2 Å². The summed E-state index contributed by atoms with van der Waals surface area (Å²) in [5.41, 5.74) is 5.72. The van der Waals surface area contributed by atoms with E-state index in [2.05, 4.69) is 24.3 Å². The summed E-state index contributed by atoms with van der Waals surface area (Å²) >= 11 is 0. The van der Waals surface area contributed by atoms with Gasteiger partial charge in [-0.3, -0.25) is 4.68 Å². The van der Waals surface area contributed by atoms with Gasteiger partial charge in [-0.1, -0.05) is 13.3 Å². The third-order valence-electron chi connectivity index (χ3n) is 2.70. The van der Waals surface area contributed by atoms with Crippen LogP contribution >= 0.6 is 0 Å². The molecule has 4 heteroatoms. The highest BCUT2D eigenvalue weighted by Crippen LogP contribution is 2.10. The Morgan fingerprint density at radius 2 is 2.19 bits per heavy atom. The fourth-order valence-corrected chi connectivity index (χ4v) is 1.68. The average molecular weight is 224 g/mol. The van der Waals surface area contributed by atoms with Gasteiger partial charge in [-0.05, 0) is 25.7 Å². The van der Waals surface area contributed by atoms with Crippen molar-refractivity contribution < 1.29 is 0 Å². The number of aryl methyl sites for hydroxylation is 1. The Kier molecular flexibility index (Phi) is 5.32. The smallest absolute Gasteiger partial charge is 0.147 e. The molecule has 0 saturated heterocycles. The molecule has 0 bridgehead atoms. The molecule has 16 heavy (non-hydrogen) atoms. The van der Waals surface area contributed by atoms with Gasteiger partial charge in [0.25, 0.3) is 0 Å². The molecule has 0 amide bonds. The molecular formula is C12H24N4. The molecule has 4 nitrogen and oxygen atoms in total. The van der Waals surface area contributed by atoms with E-state index in [1.807, 2.05) is 24.0 Å². The van der Waals surface area contributed by atoms with E-state index in [1.165, 1.54) is 12.8 Å². The average Bonchev–Trinajstić information content (AvgIpc) is 2.61. The lowest BCUT2D eigenvalue weighted by molar-refractivity contribution is 0.496. The summed E-state index contributed by atoms with van der Waals surface area (Å²) in [6.07, 6.45) is 5.50. The summed E-state index contributed by atoms with van der Waals surface area (Å²) in [4.78, 5) is 0. The Morgan fingerprint density at radius 3 is 2.75 bits per heavy atom. The maximum absolute atomic E-state index is 5.72. The quantitative estimate of drug-likeness (QED) is 0.744. The van der Waals surface area contributed by atoms with Gasteiger partial charge in [0.1, 0.15) is 5.82 Å². The number of anilines is 1. The van der Waals surface area contributed by atoms with Crippen LogP contribution in [0.3, 0.4) is 0 Å². The number of hydrogen-bond acceptors (Lipinski definition) is 3. The summed E-state index contributed by atoms with van der Waals surface area (Å²) in [7, 11) is 1.93. The minimum atomic E-state index is 0.330. The Hall–Kier alpha value is -1.03. The van der Waals surface area contributed by atoms with E-state index in [0.29, 0.717) is 12.0 Å². The van der Waals surface area contributed by atoms with Gasteiger partial charge >= 0.3 is 0 Å². The summed E-state index contributed by atoms with van der Waals surface area (Å²) in [6.45, 7) is 5.31. The molecule has 1 rings (SSSR count). The minimum absolute atomic E-state index is 0.330. The predicted octanol–water partition coefficient (Wildman–Crippen LogP) is 1.99. The number of hydrogen-bond donors (Lipinski definition) is 2. The van der Waals surface area contributed by atoms with Crippen LogP contribution in [0.5, 0.6) is 0 Å². The zero-order valence-corrected chi connectivity index (χ0v) is 10.6. The lowest BCUT2D eigenvalue weighted by Crippen LogP contribution is -2.16. The second kappa shape index (κ2) is 6.53. The van der Waals surface area contributed by atoms with Crippen molar-refractivity contribution in [3.05, 3.63) is 12.3 Å². The van der Waals surface area contributed by atoms with Crippen molar-refractivity contribution >= 4 is 5.82 Å². The predicted molar refractivity (Wildman–Crippen MR) is 68.4 cm³/mol. The van der Waals surface area contributed by atoms with Crippen LogP contribution in [0.1, 0.15) is 33.1 Å². The maximum Gasteiger partial charge on any atom is 0.147 e. The summed E-state index contributed by atoms with van der Waals surface area (Å²) < 4.78 is 1.81. The fourth-order valence-electron chi connectivity index (χ4n) is 1.68. The van der Waals surface area contributed by atoms with Crippen molar-refractivity contribution in [2.45, 2.75) is 39.2 Å². The van der Waals surface area contributed by atoms with E-state index in [4.69, 9.17) is 5.73 Å². The monoisotopic (exact) mass is 224 g/mol. The largest absolute Gasteiger partial charge is 0.368 e. The van der Waals surface area contributed by atoms with Crippen LogP contribution in [0.2, 0.25) is 0 Å². The molecule has 0 saturated carbocycles. The van der Waals surface area contributed by atoms with Crippen LogP contribution in [-0.4, -0.2) is 22.4 Å². The van der Waals surface area contributed by atoms with E-state index >= 15 is 0 Å². The second-order valence-electron chi connectivity index (χ2n) is 4.77. The third-order valence-corrected chi connectivity index (χ3v) is 2.70. The number of nitrogens with one attached hydrogen (secondary N) is 1. The van der Waals surface area contributed by atoms with E-state index < -0.39 is 0 Å². The molecule has 92 valence electrons. The van der Waals surface area contributed by atoms with Gasteiger partial charge in [-0.2, -0.15) is 5.10 Å². The van der Waals surface area contributed by atoms with Gasteiger partial charge in [-0.15, -0.1) is 0 Å². The highest BCUT2D eigenvalue weighted by molar-refractivity contribution is 5.31. The molecule has 0 spiro atoms. The molecule has 0 aliphatic carbocycles. The SMILES string of the molecule is CC(N)CCCC(C)CNc1ccn(C)n1. The molecule has 3 N–H and O–H groups in total. The first-order valence-corrected chi connectivity index (χ1v) is 6.07. The number of nitrogens with two attached hydrogens (primary N) is 1. The molecule has 0 aliphatic rings. The van der Waals surface area contributed by atoms with E-state index in [1.54, 1.807) is 0 Å². The third kappa shape index (κ3) is 5.16. The van der Waals surface area contributed by atoms with Crippen molar-refractivity contribution in [2.24, 2.45) is 18.7 Å². The molecule has 0 fully saturated rings. The van der Waals surface area contributed by atoms with Gasteiger partial charge in [0.15, 0.2) is 0 Å².